The van der Waals surface area contributed by atoms with Crippen LogP contribution in [0.1, 0.15) is 32.7 Å². The number of anilines is 1. The second-order valence-electron chi connectivity index (χ2n) is 7.88. The first kappa shape index (κ1) is 23.8. The smallest absolute Gasteiger partial charge is 0.256 e. The number of hydrogen-bond donors (Lipinski definition) is 1. The predicted molar refractivity (Wildman–Crippen MR) is 132 cm³/mol. The number of benzene rings is 3. The minimum absolute atomic E-state index is 0.162. The van der Waals surface area contributed by atoms with Crippen LogP contribution in [0.3, 0.4) is 0 Å². The number of hydrogen-bond acceptors (Lipinski definition) is 3. The van der Waals surface area contributed by atoms with E-state index in [9.17, 15) is 9.18 Å². The molecule has 4 rings (SSSR count). The quantitative estimate of drug-likeness (QED) is 0.304. The summed E-state index contributed by atoms with van der Waals surface area (Å²) in [5.74, 6) is 0.407. The van der Waals surface area contributed by atoms with Crippen LogP contribution < -0.4 is 10.1 Å². The van der Waals surface area contributed by atoms with Crippen LogP contribution in [0.2, 0.25) is 10.0 Å². The molecule has 0 aliphatic rings. The lowest BCUT2D eigenvalue weighted by molar-refractivity contribution is 0.102. The summed E-state index contributed by atoms with van der Waals surface area (Å²) in [5, 5.41) is 8.18. The highest BCUT2D eigenvalue weighted by atomic mass is 35.5. The molecule has 0 radical (unpaired) electrons. The largest absolute Gasteiger partial charge is 0.489 e. The number of rotatable bonds is 7. The third-order valence-corrected chi connectivity index (χ3v) is 6.12. The lowest BCUT2D eigenvalue weighted by Crippen LogP contribution is -2.13. The molecule has 1 N–H and O–H groups in total. The highest BCUT2D eigenvalue weighted by Crippen LogP contribution is 2.23. The van der Waals surface area contributed by atoms with Gasteiger partial charge in [0.15, 0.2) is 5.82 Å². The van der Waals surface area contributed by atoms with E-state index in [0.29, 0.717) is 33.6 Å². The van der Waals surface area contributed by atoms with Crippen molar-refractivity contribution in [2.45, 2.75) is 27.0 Å². The summed E-state index contributed by atoms with van der Waals surface area (Å²) >= 11 is 12.2. The molecule has 0 fully saturated rings. The molecule has 8 heteroatoms. The molecule has 174 valence electrons. The topological polar surface area (TPSA) is 56.1 Å². The molecule has 0 bridgehead atoms. The number of carbonyl (C=O) groups is 1. The number of halogens is 3. The van der Waals surface area contributed by atoms with Gasteiger partial charge < -0.3 is 10.1 Å². The standard InChI is InChI=1S/C26H22Cl2FN3O2/c1-16-12-20(10-11-22(16)27)34-15-18-6-8-19(9-7-18)26(33)30-25-13-17(2)32(31-25)14-21-23(28)4-3-5-24(21)29/h3-13H,14-15H2,1-2H3,(H,30,31,33). The van der Waals surface area contributed by atoms with Gasteiger partial charge in [0.2, 0.25) is 0 Å². The number of ether oxygens (including phenoxy) is 1. The van der Waals surface area contributed by atoms with E-state index in [2.05, 4.69) is 10.4 Å². The van der Waals surface area contributed by atoms with Crippen LogP contribution in [0.5, 0.6) is 5.75 Å². The Labute approximate surface area is 207 Å². The third-order valence-electron chi connectivity index (χ3n) is 5.34. The SMILES string of the molecule is Cc1cc(OCc2ccc(C(=O)Nc3cc(C)n(Cc4c(F)cccc4Cl)n3)cc2)ccc1Cl. The van der Waals surface area contributed by atoms with E-state index < -0.39 is 5.82 Å². The van der Waals surface area contributed by atoms with Crippen molar-refractivity contribution in [1.29, 1.82) is 0 Å². The van der Waals surface area contributed by atoms with Crippen molar-refractivity contribution in [3.8, 4) is 5.75 Å². The molecule has 0 saturated heterocycles. The summed E-state index contributed by atoms with van der Waals surface area (Å²) in [6, 6.07) is 18.9. The zero-order valence-electron chi connectivity index (χ0n) is 18.6. The molecule has 3 aromatic carbocycles. The maximum absolute atomic E-state index is 14.1. The number of amides is 1. The maximum atomic E-state index is 14.1. The summed E-state index contributed by atoms with van der Waals surface area (Å²) < 4.78 is 21.5. The van der Waals surface area contributed by atoms with Crippen molar-refractivity contribution >= 4 is 34.9 Å². The normalized spacial score (nSPS) is 10.9. The molecular formula is C26H22Cl2FN3O2. The van der Waals surface area contributed by atoms with E-state index in [1.54, 1.807) is 41.1 Å². The number of nitrogens with one attached hydrogen (secondary N) is 1. The van der Waals surface area contributed by atoms with Gasteiger partial charge in [-0.15, -0.1) is 0 Å². The van der Waals surface area contributed by atoms with Gasteiger partial charge in [-0.1, -0.05) is 41.4 Å². The van der Waals surface area contributed by atoms with Gasteiger partial charge in [0.25, 0.3) is 5.91 Å². The van der Waals surface area contributed by atoms with E-state index in [1.807, 2.05) is 38.1 Å². The summed E-state index contributed by atoms with van der Waals surface area (Å²) in [4.78, 5) is 12.7. The van der Waals surface area contributed by atoms with Crippen LogP contribution >= 0.6 is 23.2 Å². The number of aromatic nitrogens is 2. The van der Waals surface area contributed by atoms with Gasteiger partial charge >= 0.3 is 0 Å². The highest BCUT2D eigenvalue weighted by Gasteiger charge is 2.13. The Balaban J connectivity index is 1.38. The molecule has 1 aromatic heterocycles. The first-order chi connectivity index (χ1) is 16.3. The van der Waals surface area contributed by atoms with E-state index in [1.165, 1.54) is 6.07 Å². The fourth-order valence-corrected chi connectivity index (χ4v) is 3.72. The Morgan fingerprint density at radius 1 is 1.03 bits per heavy atom. The van der Waals surface area contributed by atoms with Gasteiger partial charge in [-0.2, -0.15) is 5.10 Å². The van der Waals surface area contributed by atoms with Crippen LogP contribution in [0.15, 0.2) is 66.7 Å². The Bertz CT molecular complexity index is 1320. The molecular weight excluding hydrogens is 476 g/mol. The molecule has 0 unspecified atom stereocenters. The summed E-state index contributed by atoms with van der Waals surface area (Å²) in [6.07, 6.45) is 0. The van der Waals surface area contributed by atoms with E-state index >= 15 is 0 Å². The van der Waals surface area contributed by atoms with Crippen LogP contribution in [-0.4, -0.2) is 15.7 Å². The Kier molecular flexibility index (Phi) is 7.20. The van der Waals surface area contributed by atoms with Gasteiger partial charge in [0, 0.05) is 32.9 Å². The minimum Gasteiger partial charge on any atom is -0.489 e. The molecule has 0 spiro atoms. The van der Waals surface area contributed by atoms with E-state index in [-0.39, 0.29) is 12.5 Å². The zero-order chi connectivity index (χ0) is 24.2. The van der Waals surface area contributed by atoms with Crippen molar-refractivity contribution in [2.75, 3.05) is 5.32 Å². The Hall–Kier alpha value is -3.35. The van der Waals surface area contributed by atoms with Crippen molar-refractivity contribution < 1.29 is 13.9 Å². The van der Waals surface area contributed by atoms with Crippen molar-refractivity contribution in [1.82, 2.24) is 9.78 Å². The minimum atomic E-state index is -0.400. The second-order valence-corrected chi connectivity index (χ2v) is 8.69. The third kappa shape index (κ3) is 5.58. The lowest BCUT2D eigenvalue weighted by atomic mass is 10.1. The van der Waals surface area contributed by atoms with Gasteiger partial charge in [-0.3, -0.25) is 9.48 Å². The van der Waals surface area contributed by atoms with Gasteiger partial charge in [0.1, 0.15) is 18.2 Å². The average molecular weight is 498 g/mol. The van der Waals surface area contributed by atoms with Crippen LogP contribution in [0.25, 0.3) is 0 Å². The molecule has 4 aromatic rings. The molecule has 0 atom stereocenters. The second kappa shape index (κ2) is 10.3. The molecule has 1 amide bonds. The summed E-state index contributed by atoms with van der Waals surface area (Å²) in [5.41, 5.74) is 3.46. The highest BCUT2D eigenvalue weighted by molar-refractivity contribution is 6.31. The van der Waals surface area contributed by atoms with Crippen LogP contribution in [-0.2, 0) is 13.2 Å². The molecule has 34 heavy (non-hydrogen) atoms. The van der Waals surface area contributed by atoms with Crippen molar-refractivity contribution in [3.05, 3.63) is 111 Å². The Morgan fingerprint density at radius 2 is 1.79 bits per heavy atom. The Morgan fingerprint density at radius 3 is 2.50 bits per heavy atom. The zero-order valence-corrected chi connectivity index (χ0v) is 20.1. The summed E-state index contributed by atoms with van der Waals surface area (Å²) in [6.45, 7) is 4.27. The first-order valence-corrected chi connectivity index (χ1v) is 11.3. The number of nitrogens with zero attached hydrogens (tertiary/aromatic N) is 2. The van der Waals surface area contributed by atoms with Crippen LogP contribution in [0.4, 0.5) is 10.2 Å². The molecule has 1 heterocycles. The maximum Gasteiger partial charge on any atom is 0.256 e. The monoisotopic (exact) mass is 497 g/mol. The van der Waals surface area contributed by atoms with Crippen LogP contribution in [0, 0.1) is 19.7 Å². The van der Waals surface area contributed by atoms with Crippen molar-refractivity contribution in [2.24, 2.45) is 0 Å². The van der Waals surface area contributed by atoms with Gasteiger partial charge in [-0.05, 0) is 67.4 Å². The molecule has 0 aliphatic heterocycles. The van der Waals surface area contributed by atoms with Gasteiger partial charge in [0.05, 0.1) is 6.54 Å². The molecule has 0 aliphatic carbocycles. The average Bonchev–Trinajstić information content (AvgIpc) is 3.16. The molecule has 5 nitrogen and oxygen atoms in total. The predicted octanol–water partition coefficient (Wildman–Crippen LogP) is 6.83. The molecule has 0 saturated carbocycles. The summed E-state index contributed by atoms with van der Waals surface area (Å²) in [7, 11) is 0. The van der Waals surface area contributed by atoms with Gasteiger partial charge in [-0.25, -0.2) is 4.39 Å². The fraction of sp³-hybridized carbons (Fsp3) is 0.154. The lowest BCUT2D eigenvalue weighted by Gasteiger charge is -2.09. The first-order valence-electron chi connectivity index (χ1n) is 10.6. The number of carbonyl (C=O) groups excluding carboxylic acids is 1. The number of aryl methyl sites for hydroxylation is 2. The van der Waals surface area contributed by atoms with E-state index in [4.69, 9.17) is 27.9 Å². The van der Waals surface area contributed by atoms with E-state index in [0.717, 1.165) is 22.6 Å². The fourth-order valence-electron chi connectivity index (χ4n) is 3.38. The van der Waals surface area contributed by atoms with Crippen molar-refractivity contribution in [3.63, 3.8) is 0 Å².